The smallest absolute Gasteiger partial charge is 0.279 e. The van der Waals surface area contributed by atoms with Gasteiger partial charge < -0.3 is 20.2 Å². The Balaban J connectivity index is 1.72. The predicted octanol–water partition coefficient (Wildman–Crippen LogP) is 4.59. The van der Waals surface area contributed by atoms with Crippen molar-refractivity contribution in [2.45, 2.75) is 32.9 Å². The van der Waals surface area contributed by atoms with Crippen LogP contribution in [0.4, 0.5) is 5.69 Å². The summed E-state index contributed by atoms with van der Waals surface area (Å²) in [5.41, 5.74) is 1.50. The summed E-state index contributed by atoms with van der Waals surface area (Å²) >= 11 is 0. The number of hydrogen-bond donors (Lipinski definition) is 3. The first-order chi connectivity index (χ1) is 16.8. The van der Waals surface area contributed by atoms with E-state index in [4.69, 9.17) is 4.42 Å². The Kier molecular flexibility index (Phi) is 7.27. The number of nitrogens with one attached hydrogen (secondary N) is 2. The van der Waals surface area contributed by atoms with Gasteiger partial charge in [-0.3, -0.25) is 14.5 Å². The minimum absolute atomic E-state index is 0.0888. The number of aryl methyl sites for hydroxylation is 1. The van der Waals surface area contributed by atoms with E-state index >= 15 is 0 Å². The van der Waals surface area contributed by atoms with Crippen molar-refractivity contribution in [2.24, 2.45) is 0 Å². The molecule has 3 aromatic rings. The summed E-state index contributed by atoms with van der Waals surface area (Å²) in [5.74, 6) is 0.667. The summed E-state index contributed by atoms with van der Waals surface area (Å²) in [6.45, 7) is 8.08. The van der Waals surface area contributed by atoms with Crippen LogP contribution in [0.2, 0.25) is 0 Å². The molecule has 2 heterocycles. The van der Waals surface area contributed by atoms with Crippen LogP contribution in [0, 0.1) is 6.92 Å². The Hall–Kier alpha value is -3.57. The molecule has 35 heavy (non-hydrogen) atoms. The largest absolute Gasteiger partial charge is 0.505 e. The second-order valence-corrected chi connectivity index (χ2v) is 10.9. The van der Waals surface area contributed by atoms with E-state index in [1.165, 1.54) is 4.90 Å². The number of hydrogen-bond acceptors (Lipinski definition) is 6. The van der Waals surface area contributed by atoms with E-state index in [0.717, 1.165) is 16.6 Å². The van der Waals surface area contributed by atoms with Gasteiger partial charge in [0.05, 0.1) is 18.3 Å². The highest BCUT2D eigenvalue weighted by Gasteiger charge is 2.40. The summed E-state index contributed by atoms with van der Waals surface area (Å²) in [6.07, 6.45) is 0.639. The molecule has 1 aromatic heterocycles. The number of nitrogens with zero attached hydrogens (tertiary/aromatic N) is 1. The highest BCUT2D eigenvalue weighted by atomic mass is 31.1. The Bertz CT molecular complexity index is 1270. The SMILES string of the molecule is CC[C@@H](NC1=C(Nc2cccc(P(C)C)c2O)C(=O)N(Cc2ccccc2)C1=O)c1ccc(C)o1. The number of para-hydroxylation sites is 1. The number of carbonyl (C=O) groups excluding carboxylic acids is 2. The van der Waals surface area contributed by atoms with Crippen molar-refractivity contribution in [3.8, 4) is 5.75 Å². The van der Waals surface area contributed by atoms with Crippen molar-refractivity contribution < 1.29 is 19.1 Å². The first-order valence-electron chi connectivity index (χ1n) is 11.5. The van der Waals surface area contributed by atoms with E-state index in [0.29, 0.717) is 17.9 Å². The van der Waals surface area contributed by atoms with Gasteiger partial charge in [0.1, 0.15) is 28.7 Å². The van der Waals surface area contributed by atoms with Crippen LogP contribution in [0.5, 0.6) is 5.75 Å². The van der Waals surface area contributed by atoms with Gasteiger partial charge in [-0.15, -0.1) is 0 Å². The van der Waals surface area contributed by atoms with Crippen LogP contribution in [0.3, 0.4) is 0 Å². The molecule has 0 radical (unpaired) electrons. The lowest BCUT2D eigenvalue weighted by atomic mass is 10.1. The molecule has 4 rings (SSSR count). The van der Waals surface area contributed by atoms with Gasteiger partial charge in [-0.1, -0.05) is 57.3 Å². The molecule has 0 saturated carbocycles. The highest BCUT2D eigenvalue weighted by molar-refractivity contribution is 7.64. The highest BCUT2D eigenvalue weighted by Crippen LogP contribution is 2.35. The van der Waals surface area contributed by atoms with Crippen LogP contribution in [0.15, 0.2) is 76.5 Å². The predicted molar refractivity (Wildman–Crippen MR) is 139 cm³/mol. The topological polar surface area (TPSA) is 94.8 Å². The molecule has 0 unspecified atom stereocenters. The summed E-state index contributed by atoms with van der Waals surface area (Å²) in [4.78, 5) is 28.3. The van der Waals surface area contributed by atoms with Crippen molar-refractivity contribution in [3.63, 3.8) is 0 Å². The maximum absolute atomic E-state index is 13.5. The van der Waals surface area contributed by atoms with Crippen LogP contribution in [-0.4, -0.2) is 35.2 Å². The van der Waals surface area contributed by atoms with Crippen molar-refractivity contribution in [1.82, 2.24) is 10.2 Å². The molecule has 3 N–H and O–H groups in total. The van der Waals surface area contributed by atoms with E-state index < -0.39 is 19.7 Å². The number of rotatable bonds is 9. The number of carbonyl (C=O) groups is 2. The van der Waals surface area contributed by atoms with Gasteiger partial charge in [0, 0.05) is 5.30 Å². The fourth-order valence-corrected chi connectivity index (χ4v) is 4.98. The molecule has 1 aliphatic rings. The van der Waals surface area contributed by atoms with Gasteiger partial charge in [-0.05, 0) is 50.4 Å². The Morgan fingerprint density at radius 3 is 2.31 bits per heavy atom. The van der Waals surface area contributed by atoms with Gasteiger partial charge in [-0.25, -0.2) is 0 Å². The second kappa shape index (κ2) is 10.4. The molecule has 1 atom stereocenters. The molecule has 1 aliphatic heterocycles. The van der Waals surface area contributed by atoms with Crippen molar-refractivity contribution in [1.29, 1.82) is 0 Å². The fraction of sp³-hybridized carbons (Fsp3) is 0.259. The summed E-state index contributed by atoms with van der Waals surface area (Å²) in [7, 11) is -0.565. The maximum Gasteiger partial charge on any atom is 0.279 e. The third-order valence-electron chi connectivity index (χ3n) is 5.94. The molecule has 0 fully saturated rings. The number of furan rings is 1. The van der Waals surface area contributed by atoms with Crippen molar-refractivity contribution >= 4 is 30.7 Å². The minimum atomic E-state index is -0.565. The summed E-state index contributed by atoms with van der Waals surface area (Å²) < 4.78 is 5.79. The number of imide groups is 1. The number of benzene rings is 2. The Morgan fingerprint density at radius 2 is 1.69 bits per heavy atom. The average molecular weight is 492 g/mol. The van der Waals surface area contributed by atoms with Gasteiger partial charge in [0.2, 0.25) is 0 Å². The monoisotopic (exact) mass is 491 g/mol. The molecule has 0 aliphatic carbocycles. The lowest BCUT2D eigenvalue weighted by Gasteiger charge is -2.18. The van der Waals surface area contributed by atoms with Crippen LogP contribution in [-0.2, 0) is 16.1 Å². The van der Waals surface area contributed by atoms with Crippen LogP contribution in [0.1, 0.15) is 36.5 Å². The zero-order chi connectivity index (χ0) is 25.1. The van der Waals surface area contributed by atoms with Crippen LogP contribution in [0.25, 0.3) is 0 Å². The zero-order valence-electron chi connectivity index (χ0n) is 20.3. The van der Waals surface area contributed by atoms with E-state index in [-0.39, 0.29) is 29.7 Å². The molecular weight excluding hydrogens is 461 g/mol. The first kappa shape index (κ1) is 24.6. The number of phenolic OH excluding ortho intramolecular Hbond substituents is 1. The Labute approximate surface area is 206 Å². The van der Waals surface area contributed by atoms with Crippen LogP contribution < -0.4 is 15.9 Å². The van der Waals surface area contributed by atoms with E-state index in [1.54, 1.807) is 6.07 Å². The average Bonchev–Trinajstić information content (AvgIpc) is 3.36. The molecule has 2 amide bonds. The van der Waals surface area contributed by atoms with E-state index in [2.05, 4.69) is 10.6 Å². The van der Waals surface area contributed by atoms with E-state index in [9.17, 15) is 14.7 Å². The first-order valence-corrected chi connectivity index (χ1v) is 13.8. The normalized spacial score (nSPS) is 14.7. The summed E-state index contributed by atoms with van der Waals surface area (Å²) in [5, 5.41) is 18.0. The molecule has 0 spiro atoms. The maximum atomic E-state index is 13.5. The Morgan fingerprint density at radius 1 is 0.971 bits per heavy atom. The zero-order valence-corrected chi connectivity index (χ0v) is 21.2. The molecular formula is C27H30N3O4P. The van der Waals surface area contributed by atoms with Gasteiger partial charge in [-0.2, -0.15) is 0 Å². The molecule has 8 heteroatoms. The molecule has 0 saturated heterocycles. The van der Waals surface area contributed by atoms with Gasteiger partial charge in [0.15, 0.2) is 0 Å². The van der Waals surface area contributed by atoms with Crippen molar-refractivity contribution in [3.05, 3.63) is 89.1 Å². The lowest BCUT2D eigenvalue weighted by molar-refractivity contribution is -0.138. The van der Waals surface area contributed by atoms with Gasteiger partial charge in [0.25, 0.3) is 11.8 Å². The number of phenols is 1. The number of aromatic hydroxyl groups is 1. The third-order valence-corrected chi connectivity index (χ3v) is 7.26. The molecule has 7 nitrogen and oxygen atoms in total. The molecule has 2 aromatic carbocycles. The molecule has 182 valence electrons. The van der Waals surface area contributed by atoms with Gasteiger partial charge >= 0.3 is 0 Å². The molecule has 0 bridgehead atoms. The number of anilines is 1. The summed E-state index contributed by atoms with van der Waals surface area (Å²) in [6, 6.07) is 18.2. The minimum Gasteiger partial charge on any atom is -0.505 e. The quantitative estimate of drug-likeness (QED) is 0.230. The third kappa shape index (κ3) is 5.10. The van der Waals surface area contributed by atoms with Crippen LogP contribution >= 0.6 is 7.92 Å². The van der Waals surface area contributed by atoms with E-state index in [1.807, 2.05) is 81.8 Å². The number of amides is 2. The lowest BCUT2D eigenvalue weighted by Crippen LogP contribution is -2.34. The second-order valence-electron chi connectivity index (χ2n) is 8.68. The van der Waals surface area contributed by atoms with Crippen molar-refractivity contribution in [2.75, 3.05) is 18.6 Å². The fourth-order valence-electron chi connectivity index (χ4n) is 4.05. The standard InChI is InChI=1S/C27H30N3O4P/c1-5-19(21-15-14-17(2)34-21)28-23-24(29-20-12-9-13-22(25(20)31)35(3)4)27(33)30(26(23)32)16-18-10-7-6-8-11-18/h6-15,19,28-29,31H,5,16H2,1-4H3/t19-/m1/s1.